The summed E-state index contributed by atoms with van der Waals surface area (Å²) in [5.41, 5.74) is 9.33. The number of nitrogens with two attached hydrogens (primary N) is 1. The van der Waals surface area contributed by atoms with E-state index in [1.54, 1.807) is 13.8 Å². The third-order valence-electron chi connectivity index (χ3n) is 4.45. The second-order valence-electron chi connectivity index (χ2n) is 6.10. The average molecular weight is 360 g/mol. The summed E-state index contributed by atoms with van der Waals surface area (Å²) in [5.74, 6) is -0.762. The van der Waals surface area contributed by atoms with E-state index in [9.17, 15) is 10.1 Å². The molecule has 1 heterocycles. The van der Waals surface area contributed by atoms with E-state index in [2.05, 4.69) is 6.07 Å². The molecule has 27 heavy (non-hydrogen) atoms. The summed E-state index contributed by atoms with van der Waals surface area (Å²) in [4.78, 5) is 12.5. The first-order valence-electron chi connectivity index (χ1n) is 8.67. The number of allylic oxidation sites excluding steroid dienone is 2. The van der Waals surface area contributed by atoms with Crippen molar-refractivity contribution in [2.24, 2.45) is 5.73 Å². The topological polar surface area (TPSA) is 85.3 Å². The molecule has 0 spiro atoms. The minimum Gasteiger partial charge on any atom is -0.463 e. The number of benzene rings is 2. The van der Waals surface area contributed by atoms with Gasteiger partial charge in [0.1, 0.15) is 17.4 Å². The molecule has 1 unspecified atom stereocenters. The monoisotopic (exact) mass is 360 g/mol. The molecule has 136 valence electrons. The van der Waals surface area contributed by atoms with Crippen LogP contribution in [0.4, 0.5) is 0 Å². The minimum absolute atomic E-state index is 0.0141. The largest absolute Gasteiger partial charge is 0.463 e. The number of nitriles is 1. The quantitative estimate of drug-likeness (QED) is 0.833. The van der Waals surface area contributed by atoms with Crippen LogP contribution in [0, 0.1) is 11.3 Å². The van der Waals surface area contributed by atoms with E-state index in [1.807, 2.05) is 54.6 Å². The van der Waals surface area contributed by atoms with Gasteiger partial charge >= 0.3 is 5.97 Å². The predicted octanol–water partition coefficient (Wildman–Crippen LogP) is 4.00. The molecular formula is C22H20N2O3. The van der Waals surface area contributed by atoms with Crippen LogP contribution in [-0.2, 0) is 14.3 Å². The first-order valence-corrected chi connectivity index (χ1v) is 8.67. The van der Waals surface area contributed by atoms with Crippen LogP contribution in [0.3, 0.4) is 0 Å². The lowest BCUT2D eigenvalue weighted by Gasteiger charge is -2.27. The van der Waals surface area contributed by atoms with Crippen molar-refractivity contribution in [3.63, 3.8) is 0 Å². The summed E-state index contributed by atoms with van der Waals surface area (Å²) in [5, 5.41) is 9.60. The third-order valence-corrected chi connectivity index (χ3v) is 4.45. The Morgan fingerprint density at radius 3 is 2.37 bits per heavy atom. The van der Waals surface area contributed by atoms with Crippen LogP contribution < -0.4 is 5.73 Å². The van der Waals surface area contributed by atoms with Gasteiger partial charge in [0.2, 0.25) is 5.88 Å². The minimum atomic E-state index is -0.618. The van der Waals surface area contributed by atoms with Crippen molar-refractivity contribution in [2.45, 2.75) is 19.8 Å². The summed E-state index contributed by atoms with van der Waals surface area (Å²) in [6.45, 7) is 3.62. The normalized spacial score (nSPS) is 16.6. The van der Waals surface area contributed by atoms with Crippen LogP contribution in [0.25, 0.3) is 11.1 Å². The highest BCUT2D eigenvalue weighted by Crippen LogP contribution is 2.40. The van der Waals surface area contributed by atoms with Crippen molar-refractivity contribution in [1.82, 2.24) is 0 Å². The molecule has 1 aliphatic rings. The van der Waals surface area contributed by atoms with Crippen molar-refractivity contribution < 1.29 is 14.3 Å². The van der Waals surface area contributed by atoms with Gasteiger partial charge in [-0.25, -0.2) is 4.79 Å². The Morgan fingerprint density at radius 1 is 1.15 bits per heavy atom. The molecule has 0 fully saturated rings. The molecular weight excluding hydrogens is 340 g/mol. The van der Waals surface area contributed by atoms with Gasteiger partial charge in [-0.3, -0.25) is 0 Å². The van der Waals surface area contributed by atoms with Gasteiger partial charge in [0.05, 0.1) is 18.1 Å². The lowest BCUT2D eigenvalue weighted by molar-refractivity contribution is -0.139. The molecule has 5 nitrogen and oxygen atoms in total. The van der Waals surface area contributed by atoms with Crippen molar-refractivity contribution >= 4 is 5.97 Å². The maximum Gasteiger partial charge on any atom is 0.338 e. The van der Waals surface area contributed by atoms with Crippen LogP contribution in [-0.4, -0.2) is 12.6 Å². The van der Waals surface area contributed by atoms with E-state index < -0.39 is 11.9 Å². The van der Waals surface area contributed by atoms with E-state index in [4.69, 9.17) is 15.2 Å². The molecule has 2 aromatic carbocycles. The Morgan fingerprint density at radius 2 is 1.78 bits per heavy atom. The Balaban J connectivity index is 2.06. The first kappa shape index (κ1) is 18.3. The number of hydrogen-bond donors (Lipinski definition) is 1. The van der Waals surface area contributed by atoms with Crippen LogP contribution in [0.1, 0.15) is 25.3 Å². The fraction of sp³-hybridized carbons (Fsp3) is 0.182. The van der Waals surface area contributed by atoms with Crippen molar-refractivity contribution in [3.8, 4) is 17.2 Å². The summed E-state index contributed by atoms with van der Waals surface area (Å²) >= 11 is 0. The number of carbonyl (C=O) groups is 1. The van der Waals surface area contributed by atoms with Gasteiger partial charge in [-0.15, -0.1) is 0 Å². The average Bonchev–Trinajstić information content (AvgIpc) is 2.68. The zero-order chi connectivity index (χ0) is 19.4. The number of rotatable bonds is 4. The van der Waals surface area contributed by atoms with Gasteiger partial charge in [-0.2, -0.15) is 5.26 Å². The highest BCUT2D eigenvalue weighted by Gasteiger charge is 2.36. The second kappa shape index (κ2) is 7.79. The SMILES string of the molecule is CCOC(=O)C1=C(C)OC(N)=C(C#N)C1c1ccc(-c2ccccc2)cc1. The molecule has 1 atom stereocenters. The summed E-state index contributed by atoms with van der Waals surface area (Å²) in [6.07, 6.45) is 0. The maximum absolute atomic E-state index is 12.5. The van der Waals surface area contributed by atoms with Crippen LogP contribution >= 0.6 is 0 Å². The number of carbonyl (C=O) groups excluding carboxylic acids is 1. The maximum atomic E-state index is 12.5. The standard InChI is InChI=1S/C22H20N2O3/c1-3-26-22(25)19-14(2)27-21(24)18(13-23)20(19)17-11-9-16(10-12-17)15-7-5-4-6-8-15/h4-12,20H,3,24H2,1-2H3. The Labute approximate surface area is 158 Å². The van der Waals surface area contributed by atoms with Crippen LogP contribution in [0.15, 0.2) is 77.4 Å². The van der Waals surface area contributed by atoms with Crippen LogP contribution in [0.5, 0.6) is 0 Å². The zero-order valence-electron chi connectivity index (χ0n) is 15.2. The number of esters is 1. The zero-order valence-corrected chi connectivity index (χ0v) is 15.2. The second-order valence-corrected chi connectivity index (χ2v) is 6.10. The predicted molar refractivity (Wildman–Crippen MR) is 102 cm³/mol. The smallest absolute Gasteiger partial charge is 0.338 e. The number of hydrogen-bond acceptors (Lipinski definition) is 5. The number of nitrogens with zero attached hydrogens (tertiary/aromatic N) is 1. The van der Waals surface area contributed by atoms with Crippen molar-refractivity contribution in [1.29, 1.82) is 5.26 Å². The van der Waals surface area contributed by atoms with E-state index in [0.717, 1.165) is 16.7 Å². The van der Waals surface area contributed by atoms with E-state index in [0.29, 0.717) is 11.3 Å². The number of ether oxygens (including phenoxy) is 2. The first-order chi connectivity index (χ1) is 13.1. The van der Waals surface area contributed by atoms with Crippen LogP contribution in [0.2, 0.25) is 0 Å². The fourth-order valence-electron chi connectivity index (χ4n) is 3.19. The highest BCUT2D eigenvalue weighted by atomic mass is 16.5. The molecule has 2 N–H and O–H groups in total. The molecule has 0 saturated heterocycles. The molecule has 3 rings (SSSR count). The fourth-order valence-corrected chi connectivity index (χ4v) is 3.19. The Bertz CT molecular complexity index is 951. The van der Waals surface area contributed by atoms with Gasteiger partial charge in [-0.05, 0) is 30.5 Å². The lowest BCUT2D eigenvalue weighted by Crippen LogP contribution is -2.25. The van der Waals surface area contributed by atoms with Gasteiger partial charge < -0.3 is 15.2 Å². The van der Waals surface area contributed by atoms with Crippen molar-refractivity contribution in [2.75, 3.05) is 6.61 Å². The Hall–Kier alpha value is -3.52. The molecule has 0 aliphatic carbocycles. The van der Waals surface area contributed by atoms with Gasteiger partial charge in [-0.1, -0.05) is 54.6 Å². The summed E-state index contributed by atoms with van der Waals surface area (Å²) < 4.78 is 10.6. The summed E-state index contributed by atoms with van der Waals surface area (Å²) in [7, 11) is 0. The highest BCUT2D eigenvalue weighted by molar-refractivity contribution is 5.92. The Kier molecular flexibility index (Phi) is 5.28. The molecule has 0 radical (unpaired) electrons. The van der Waals surface area contributed by atoms with Gasteiger partial charge in [0.15, 0.2) is 0 Å². The molecule has 0 saturated carbocycles. The molecule has 1 aliphatic heterocycles. The molecule has 0 amide bonds. The van der Waals surface area contributed by atoms with Gasteiger partial charge in [0, 0.05) is 0 Å². The summed E-state index contributed by atoms with van der Waals surface area (Å²) in [6, 6.07) is 19.8. The van der Waals surface area contributed by atoms with Gasteiger partial charge in [0.25, 0.3) is 0 Å². The molecule has 5 heteroatoms. The molecule has 2 aromatic rings. The molecule has 0 aromatic heterocycles. The van der Waals surface area contributed by atoms with E-state index in [-0.39, 0.29) is 18.1 Å². The van der Waals surface area contributed by atoms with Crippen molar-refractivity contribution in [3.05, 3.63) is 82.9 Å². The van der Waals surface area contributed by atoms with E-state index in [1.165, 1.54) is 0 Å². The lowest BCUT2D eigenvalue weighted by atomic mass is 9.82. The third kappa shape index (κ3) is 3.56. The molecule has 0 bridgehead atoms. The van der Waals surface area contributed by atoms with E-state index >= 15 is 0 Å².